The fourth-order valence-corrected chi connectivity index (χ4v) is 2.66. The van der Waals surface area contributed by atoms with E-state index in [9.17, 15) is 0 Å². The Morgan fingerprint density at radius 1 is 1.00 bits per heavy atom. The minimum atomic E-state index is 0.349. The van der Waals surface area contributed by atoms with E-state index in [0.29, 0.717) is 5.84 Å². The van der Waals surface area contributed by atoms with Crippen LogP contribution >= 0.6 is 15.9 Å². The third-order valence-corrected chi connectivity index (χ3v) is 4.21. The van der Waals surface area contributed by atoms with Gasteiger partial charge < -0.3 is 5.32 Å². The van der Waals surface area contributed by atoms with E-state index in [2.05, 4.69) is 56.6 Å². The van der Waals surface area contributed by atoms with Gasteiger partial charge in [-0.25, -0.2) is 0 Å². The molecule has 25 heavy (non-hydrogen) atoms. The highest BCUT2D eigenvalue weighted by Crippen LogP contribution is 2.14. The van der Waals surface area contributed by atoms with E-state index < -0.39 is 0 Å². The van der Waals surface area contributed by atoms with Crippen LogP contribution in [0.25, 0.3) is 6.08 Å². The van der Waals surface area contributed by atoms with E-state index in [4.69, 9.17) is 5.41 Å². The van der Waals surface area contributed by atoms with Crippen molar-refractivity contribution in [3.63, 3.8) is 0 Å². The maximum atomic E-state index is 8.00. The zero-order chi connectivity index (χ0) is 17.5. The van der Waals surface area contributed by atoms with Crippen LogP contribution in [-0.4, -0.2) is 10.8 Å². The summed E-state index contributed by atoms with van der Waals surface area (Å²) in [6.45, 7) is 0. The molecule has 4 heteroatoms. The molecule has 2 N–H and O–H groups in total. The minimum Gasteiger partial charge on any atom is -0.341 e. The lowest BCUT2D eigenvalue weighted by Gasteiger charge is -2.04. The SMILES string of the molecule is N=C(/C=C/c1ccc(Cc2cccnc2)cc1)Nc1ccc(Br)cc1. The van der Waals surface area contributed by atoms with Gasteiger partial charge in [0.2, 0.25) is 0 Å². The minimum absolute atomic E-state index is 0.349. The van der Waals surface area contributed by atoms with Gasteiger partial charge in [-0.3, -0.25) is 10.4 Å². The Labute approximate surface area is 156 Å². The third-order valence-electron chi connectivity index (χ3n) is 3.68. The molecule has 0 saturated heterocycles. The number of benzene rings is 2. The molecule has 3 aromatic rings. The lowest BCUT2D eigenvalue weighted by atomic mass is 10.0. The predicted octanol–water partition coefficient (Wildman–Crippen LogP) is 5.54. The van der Waals surface area contributed by atoms with Crippen molar-refractivity contribution in [1.29, 1.82) is 5.41 Å². The number of hydrogen-bond acceptors (Lipinski definition) is 2. The summed E-state index contributed by atoms with van der Waals surface area (Å²) in [6, 6.07) is 20.1. The number of nitrogens with zero attached hydrogens (tertiary/aromatic N) is 1. The topological polar surface area (TPSA) is 48.8 Å². The second-order valence-electron chi connectivity index (χ2n) is 5.66. The highest BCUT2D eigenvalue weighted by atomic mass is 79.9. The van der Waals surface area contributed by atoms with Crippen molar-refractivity contribution >= 4 is 33.5 Å². The Hall–Kier alpha value is -2.72. The summed E-state index contributed by atoms with van der Waals surface area (Å²) in [7, 11) is 0. The molecule has 0 unspecified atom stereocenters. The Balaban J connectivity index is 1.57. The summed E-state index contributed by atoms with van der Waals surface area (Å²) >= 11 is 3.40. The molecule has 1 heterocycles. The molecule has 0 saturated carbocycles. The summed E-state index contributed by atoms with van der Waals surface area (Å²) in [4.78, 5) is 4.14. The monoisotopic (exact) mass is 391 g/mol. The molecule has 3 rings (SSSR count). The Bertz CT molecular complexity index is 854. The molecule has 0 aliphatic rings. The number of nitrogens with one attached hydrogen (secondary N) is 2. The average molecular weight is 392 g/mol. The van der Waals surface area contributed by atoms with Crippen LogP contribution in [0, 0.1) is 5.41 Å². The average Bonchev–Trinajstić information content (AvgIpc) is 2.64. The van der Waals surface area contributed by atoms with Gasteiger partial charge in [0.1, 0.15) is 5.84 Å². The largest absolute Gasteiger partial charge is 0.341 e. The molecule has 0 bridgehead atoms. The molecule has 0 radical (unpaired) electrons. The smallest absolute Gasteiger partial charge is 0.122 e. The van der Waals surface area contributed by atoms with Crippen molar-refractivity contribution in [3.05, 3.63) is 100 Å². The number of hydrogen-bond donors (Lipinski definition) is 2. The predicted molar refractivity (Wildman–Crippen MR) is 108 cm³/mol. The second kappa shape index (κ2) is 8.40. The lowest BCUT2D eigenvalue weighted by molar-refractivity contribution is 1.14. The first-order chi connectivity index (χ1) is 12.2. The highest BCUT2D eigenvalue weighted by molar-refractivity contribution is 9.10. The maximum Gasteiger partial charge on any atom is 0.122 e. The number of anilines is 1. The van der Waals surface area contributed by atoms with E-state index in [-0.39, 0.29) is 0 Å². The van der Waals surface area contributed by atoms with E-state index >= 15 is 0 Å². The van der Waals surface area contributed by atoms with Gasteiger partial charge in [0.25, 0.3) is 0 Å². The fourth-order valence-electron chi connectivity index (χ4n) is 2.39. The van der Waals surface area contributed by atoms with Gasteiger partial charge in [0, 0.05) is 22.6 Å². The summed E-state index contributed by atoms with van der Waals surface area (Å²) in [6.07, 6.45) is 8.25. The number of aromatic nitrogens is 1. The summed E-state index contributed by atoms with van der Waals surface area (Å²) < 4.78 is 1.02. The van der Waals surface area contributed by atoms with Crippen LogP contribution in [0.5, 0.6) is 0 Å². The van der Waals surface area contributed by atoms with Crippen molar-refractivity contribution in [2.45, 2.75) is 6.42 Å². The maximum absolute atomic E-state index is 8.00. The summed E-state index contributed by atoms with van der Waals surface area (Å²) in [5.74, 6) is 0.349. The van der Waals surface area contributed by atoms with E-state index in [0.717, 1.165) is 22.1 Å². The van der Waals surface area contributed by atoms with Gasteiger partial charge in [-0.15, -0.1) is 0 Å². The zero-order valence-corrected chi connectivity index (χ0v) is 15.2. The Morgan fingerprint density at radius 3 is 2.44 bits per heavy atom. The first-order valence-electron chi connectivity index (χ1n) is 7.96. The molecular formula is C21H18BrN3. The summed E-state index contributed by atoms with van der Waals surface area (Å²) in [5, 5.41) is 11.1. The molecule has 0 fully saturated rings. The van der Waals surface area contributed by atoms with Crippen LogP contribution in [0.4, 0.5) is 5.69 Å². The van der Waals surface area contributed by atoms with Gasteiger partial charge in [0.15, 0.2) is 0 Å². The molecule has 0 spiro atoms. The standard InChI is InChI=1S/C21H18BrN3/c22-19-8-10-20(11-9-19)25-21(23)12-7-16-3-5-17(6-4-16)14-18-2-1-13-24-15-18/h1-13,15H,14H2,(H2,23,25)/b12-7+. The quantitative estimate of drug-likeness (QED) is 0.443. The van der Waals surface area contributed by atoms with Crippen LogP contribution in [0.3, 0.4) is 0 Å². The zero-order valence-electron chi connectivity index (χ0n) is 13.6. The number of halogens is 1. The van der Waals surface area contributed by atoms with Crippen molar-refractivity contribution in [1.82, 2.24) is 4.98 Å². The van der Waals surface area contributed by atoms with Crippen molar-refractivity contribution in [2.24, 2.45) is 0 Å². The van der Waals surface area contributed by atoms with Crippen LogP contribution in [0.2, 0.25) is 0 Å². The van der Waals surface area contributed by atoms with Crippen LogP contribution < -0.4 is 5.32 Å². The van der Waals surface area contributed by atoms with Gasteiger partial charge in [-0.05, 0) is 59.5 Å². The van der Waals surface area contributed by atoms with Crippen molar-refractivity contribution in [3.8, 4) is 0 Å². The van der Waals surface area contributed by atoms with Gasteiger partial charge in [-0.1, -0.05) is 52.3 Å². The summed E-state index contributed by atoms with van der Waals surface area (Å²) in [5.41, 5.74) is 4.40. The number of amidine groups is 1. The molecule has 2 aromatic carbocycles. The van der Waals surface area contributed by atoms with Crippen LogP contribution in [0.1, 0.15) is 16.7 Å². The van der Waals surface area contributed by atoms with E-state index in [1.807, 2.05) is 42.6 Å². The lowest BCUT2D eigenvalue weighted by Crippen LogP contribution is -2.06. The third kappa shape index (κ3) is 5.40. The molecular weight excluding hydrogens is 374 g/mol. The Kier molecular flexibility index (Phi) is 5.75. The number of pyridine rings is 1. The fraction of sp³-hybridized carbons (Fsp3) is 0.0476. The molecule has 124 valence electrons. The molecule has 0 amide bonds. The first-order valence-corrected chi connectivity index (χ1v) is 8.75. The van der Waals surface area contributed by atoms with Crippen molar-refractivity contribution < 1.29 is 0 Å². The molecule has 3 nitrogen and oxygen atoms in total. The normalized spacial score (nSPS) is 10.8. The molecule has 1 aromatic heterocycles. The highest BCUT2D eigenvalue weighted by Gasteiger charge is 1.97. The van der Waals surface area contributed by atoms with E-state index in [1.165, 1.54) is 11.1 Å². The number of rotatable bonds is 5. The van der Waals surface area contributed by atoms with Crippen LogP contribution in [-0.2, 0) is 6.42 Å². The van der Waals surface area contributed by atoms with E-state index in [1.54, 1.807) is 12.3 Å². The van der Waals surface area contributed by atoms with Gasteiger partial charge >= 0.3 is 0 Å². The van der Waals surface area contributed by atoms with Crippen molar-refractivity contribution in [2.75, 3.05) is 5.32 Å². The first kappa shape index (κ1) is 17.1. The van der Waals surface area contributed by atoms with Gasteiger partial charge in [-0.2, -0.15) is 0 Å². The second-order valence-corrected chi connectivity index (χ2v) is 6.57. The van der Waals surface area contributed by atoms with Gasteiger partial charge in [0.05, 0.1) is 0 Å². The Morgan fingerprint density at radius 2 is 1.76 bits per heavy atom. The molecule has 0 atom stereocenters. The molecule has 0 aliphatic carbocycles. The van der Waals surface area contributed by atoms with Crippen LogP contribution in [0.15, 0.2) is 83.6 Å². The molecule has 0 aliphatic heterocycles.